The fraction of sp³-hybridized carbons (Fsp3) is 0.909. The van der Waals surface area contributed by atoms with Crippen LogP contribution < -0.4 is 0 Å². The summed E-state index contributed by atoms with van der Waals surface area (Å²) >= 11 is -1.96. The summed E-state index contributed by atoms with van der Waals surface area (Å²) < 4.78 is 10.6. The number of Topliss-reactive ketones (excluding diaryl/α,β-unsaturated/α-hetero) is 1. The van der Waals surface area contributed by atoms with E-state index in [0.717, 1.165) is 38.5 Å². The van der Waals surface area contributed by atoms with Crippen molar-refractivity contribution in [1.29, 1.82) is 0 Å². The summed E-state index contributed by atoms with van der Waals surface area (Å²) in [5, 5.41) is 0. The molecule has 5 nitrogen and oxygen atoms in total. The third-order valence-electron chi connectivity index (χ3n) is 7.84. The van der Waals surface area contributed by atoms with Gasteiger partial charge < -0.3 is 8.37 Å². The van der Waals surface area contributed by atoms with Crippen molar-refractivity contribution in [3.63, 3.8) is 0 Å². The second kappa shape index (κ2) is 25.9. The second-order valence-corrected chi connectivity index (χ2v) is 13.1. The highest BCUT2D eigenvalue weighted by Gasteiger charge is 2.43. The highest BCUT2D eigenvalue weighted by atomic mass is 32.2. The van der Waals surface area contributed by atoms with Gasteiger partial charge in [0.1, 0.15) is 4.75 Å². The maximum atomic E-state index is 13.3. The van der Waals surface area contributed by atoms with Gasteiger partial charge in [0.15, 0.2) is 5.78 Å². The van der Waals surface area contributed by atoms with Gasteiger partial charge >= 0.3 is 11.9 Å². The minimum absolute atomic E-state index is 0.00624. The van der Waals surface area contributed by atoms with Crippen molar-refractivity contribution in [2.75, 3.05) is 0 Å². The van der Waals surface area contributed by atoms with Crippen LogP contribution in [0.1, 0.15) is 189 Å². The van der Waals surface area contributed by atoms with Crippen LogP contribution in [0.2, 0.25) is 0 Å². The van der Waals surface area contributed by atoms with Crippen LogP contribution in [-0.2, 0) is 22.7 Å². The summed E-state index contributed by atoms with van der Waals surface area (Å²) in [6.07, 6.45) is 26.0. The first-order chi connectivity index (χ1) is 18.9. The normalized spacial score (nSPS) is 11.9. The van der Waals surface area contributed by atoms with E-state index in [1.807, 2.05) is 0 Å². The van der Waals surface area contributed by atoms with Gasteiger partial charge in [0, 0.05) is 12.8 Å². The quantitative estimate of drug-likeness (QED) is 0.0746. The molecule has 0 aliphatic rings. The fourth-order valence-electron chi connectivity index (χ4n) is 5.11. The van der Waals surface area contributed by atoms with E-state index in [1.54, 1.807) is 20.8 Å². The molecule has 0 N–H and O–H groups in total. The van der Waals surface area contributed by atoms with Crippen molar-refractivity contribution in [1.82, 2.24) is 0 Å². The van der Waals surface area contributed by atoms with Crippen LogP contribution in [0.4, 0.5) is 0 Å². The van der Waals surface area contributed by atoms with Crippen molar-refractivity contribution in [3.05, 3.63) is 0 Å². The van der Waals surface area contributed by atoms with Gasteiger partial charge in [-0.1, -0.05) is 156 Å². The first kappa shape index (κ1) is 38.0. The maximum absolute atomic E-state index is 13.3. The van der Waals surface area contributed by atoms with E-state index in [-0.39, 0.29) is 18.6 Å². The van der Waals surface area contributed by atoms with E-state index < -0.39 is 28.1 Å². The lowest BCUT2D eigenvalue weighted by Crippen LogP contribution is -2.39. The van der Waals surface area contributed by atoms with Crippen LogP contribution in [0.25, 0.3) is 0 Å². The second-order valence-electron chi connectivity index (χ2n) is 11.3. The molecule has 0 aromatic heterocycles. The molecule has 39 heavy (non-hydrogen) atoms. The summed E-state index contributed by atoms with van der Waals surface area (Å²) in [7, 11) is 0. The standard InChI is InChI=1S/C33H64O5S/c1-6-10-12-14-16-18-20-22-24-26-28-33(30(5)34,39(37-31(35)8-3)38-32(36)9-4)29-27-25-23-21-19-17-15-13-11-7-2/h39H,6-29H2,1-5H3. The van der Waals surface area contributed by atoms with Crippen LogP contribution >= 0.6 is 11.5 Å². The molecule has 232 valence electrons. The molecule has 0 amide bonds. The Morgan fingerprint density at radius 3 is 1.03 bits per heavy atom. The molecule has 0 aromatic rings. The third-order valence-corrected chi connectivity index (χ3v) is 10.0. The number of thiol groups is 1. The molecule has 6 heteroatoms. The highest BCUT2D eigenvalue weighted by Crippen LogP contribution is 2.51. The molecule has 0 unspecified atom stereocenters. The highest BCUT2D eigenvalue weighted by molar-refractivity contribution is 8.11. The van der Waals surface area contributed by atoms with Gasteiger partial charge in [-0.3, -0.25) is 14.4 Å². The summed E-state index contributed by atoms with van der Waals surface area (Å²) in [5.41, 5.74) is 0. The molecule has 0 saturated carbocycles. The van der Waals surface area contributed by atoms with Gasteiger partial charge in [-0.25, -0.2) is 0 Å². The van der Waals surface area contributed by atoms with E-state index in [2.05, 4.69) is 13.8 Å². The van der Waals surface area contributed by atoms with Crippen molar-refractivity contribution in [3.8, 4) is 0 Å². The fourth-order valence-corrected chi connectivity index (χ4v) is 7.06. The van der Waals surface area contributed by atoms with E-state index in [9.17, 15) is 14.4 Å². The van der Waals surface area contributed by atoms with Crippen LogP contribution in [0, 0.1) is 0 Å². The number of ketones is 1. The minimum atomic E-state index is -1.96. The Bertz CT molecular complexity index is 579. The van der Waals surface area contributed by atoms with E-state index in [0.29, 0.717) is 12.8 Å². The first-order valence-electron chi connectivity index (χ1n) is 16.6. The zero-order chi connectivity index (χ0) is 29.2. The van der Waals surface area contributed by atoms with Crippen LogP contribution in [0.15, 0.2) is 0 Å². The number of rotatable bonds is 28. The largest absolute Gasteiger partial charge is 0.346 e. The molecule has 0 atom stereocenters. The van der Waals surface area contributed by atoms with Gasteiger partial charge in [-0.05, 0) is 19.8 Å². The SMILES string of the molecule is CCCCCCCCCCCCC(CCCCCCCCCCCC)(C(C)=O)[SH](OC(=O)CC)OC(=O)CC. The Kier molecular flexibility index (Phi) is 25.2. The number of unbranched alkanes of at least 4 members (excludes halogenated alkanes) is 18. The third kappa shape index (κ3) is 18.8. The average molecular weight is 573 g/mol. The molecule has 0 aliphatic carbocycles. The van der Waals surface area contributed by atoms with Crippen LogP contribution in [0.3, 0.4) is 0 Å². The Labute approximate surface area is 245 Å². The molecular weight excluding hydrogens is 508 g/mol. The molecule has 0 aromatic carbocycles. The van der Waals surface area contributed by atoms with E-state index in [4.69, 9.17) is 8.37 Å². The number of hydrogen-bond acceptors (Lipinski definition) is 5. The molecule has 0 radical (unpaired) electrons. The van der Waals surface area contributed by atoms with Crippen molar-refractivity contribution in [2.45, 2.75) is 193 Å². The van der Waals surface area contributed by atoms with Gasteiger partial charge in [-0.15, -0.1) is 11.5 Å². The monoisotopic (exact) mass is 572 g/mol. The van der Waals surface area contributed by atoms with Crippen LogP contribution in [-0.4, -0.2) is 22.5 Å². The maximum Gasteiger partial charge on any atom is 0.328 e. The summed E-state index contributed by atoms with van der Waals surface area (Å²) in [6.45, 7) is 9.56. The molecule has 0 spiro atoms. The molecule has 0 saturated heterocycles. The topological polar surface area (TPSA) is 69.7 Å². The zero-order valence-electron chi connectivity index (χ0n) is 26.5. The number of carbonyl (C=O) groups excluding carboxylic acids is 3. The molecule has 0 rings (SSSR count). The summed E-state index contributed by atoms with van der Waals surface area (Å²) in [5.74, 6) is -0.808. The minimum Gasteiger partial charge on any atom is -0.346 e. The predicted molar refractivity (Wildman–Crippen MR) is 168 cm³/mol. The molecule has 0 aliphatic heterocycles. The molecule has 0 heterocycles. The Morgan fingerprint density at radius 1 is 0.487 bits per heavy atom. The van der Waals surface area contributed by atoms with E-state index >= 15 is 0 Å². The number of hydrogen-bond donors (Lipinski definition) is 1. The van der Waals surface area contributed by atoms with Crippen molar-refractivity contribution >= 4 is 29.2 Å². The first-order valence-corrected chi connectivity index (χ1v) is 17.8. The lowest BCUT2D eigenvalue weighted by Gasteiger charge is -2.42. The molecule has 0 bridgehead atoms. The summed E-state index contributed by atoms with van der Waals surface area (Å²) in [6, 6.07) is 0. The lowest BCUT2D eigenvalue weighted by molar-refractivity contribution is -0.136. The Morgan fingerprint density at radius 2 is 0.769 bits per heavy atom. The van der Waals surface area contributed by atoms with Crippen LogP contribution in [0.5, 0.6) is 0 Å². The predicted octanol–water partition coefficient (Wildman–Crippen LogP) is 10.7. The lowest BCUT2D eigenvalue weighted by atomic mass is 9.90. The van der Waals surface area contributed by atoms with Crippen molar-refractivity contribution in [2.24, 2.45) is 0 Å². The van der Waals surface area contributed by atoms with Crippen molar-refractivity contribution < 1.29 is 22.7 Å². The van der Waals surface area contributed by atoms with E-state index in [1.165, 1.54) is 89.9 Å². The Hall–Kier alpha value is -1.04. The number of carbonyl (C=O) groups is 3. The zero-order valence-corrected chi connectivity index (χ0v) is 27.4. The van der Waals surface area contributed by atoms with Gasteiger partial charge in [0.2, 0.25) is 0 Å². The molecular formula is C33H64O5S. The average Bonchev–Trinajstić information content (AvgIpc) is 2.93. The van der Waals surface area contributed by atoms with Gasteiger partial charge in [-0.2, -0.15) is 0 Å². The summed E-state index contributed by atoms with van der Waals surface area (Å²) in [4.78, 5) is 37.9. The Balaban J connectivity index is 5.07. The van der Waals surface area contributed by atoms with Gasteiger partial charge in [0.25, 0.3) is 0 Å². The molecule has 0 fully saturated rings. The smallest absolute Gasteiger partial charge is 0.328 e. The van der Waals surface area contributed by atoms with Gasteiger partial charge in [0.05, 0.1) is 0 Å².